The summed E-state index contributed by atoms with van der Waals surface area (Å²) in [6.45, 7) is 4.37. The molecule has 0 radical (unpaired) electrons. The zero-order valence-corrected chi connectivity index (χ0v) is 17.5. The van der Waals surface area contributed by atoms with Crippen LogP contribution < -0.4 is 4.74 Å². The van der Waals surface area contributed by atoms with Gasteiger partial charge in [-0.3, -0.25) is 14.5 Å². The first-order valence-corrected chi connectivity index (χ1v) is 10.3. The van der Waals surface area contributed by atoms with Crippen LogP contribution in [0.25, 0.3) is 6.08 Å². The maximum atomic E-state index is 12.6. The van der Waals surface area contributed by atoms with Crippen molar-refractivity contribution in [3.63, 3.8) is 0 Å². The van der Waals surface area contributed by atoms with E-state index in [9.17, 15) is 9.59 Å². The summed E-state index contributed by atoms with van der Waals surface area (Å²) >= 11 is 4.36. The summed E-state index contributed by atoms with van der Waals surface area (Å²) in [4.78, 5) is 26.6. The highest BCUT2D eigenvalue weighted by Gasteiger charge is 2.34. The van der Waals surface area contributed by atoms with E-state index in [1.165, 1.54) is 4.90 Å². The number of hydrogen-bond acceptors (Lipinski definition) is 4. The number of hydrogen-bond donors (Lipinski definition) is 0. The lowest BCUT2D eigenvalue weighted by Gasteiger charge is -2.12. The Labute approximate surface area is 171 Å². The third-order valence-corrected chi connectivity index (χ3v) is 5.65. The molecule has 2 aromatic carbocycles. The minimum absolute atomic E-state index is 0.158. The summed E-state index contributed by atoms with van der Waals surface area (Å²) < 4.78 is 6.72. The smallest absolute Gasteiger partial charge is 0.293 e. The fourth-order valence-corrected chi connectivity index (χ4v) is 3.62. The predicted octanol–water partition coefficient (Wildman–Crippen LogP) is 5.86. The molecular formula is C21H20BrNO3S. The van der Waals surface area contributed by atoms with Gasteiger partial charge in [0.1, 0.15) is 5.75 Å². The molecule has 0 aromatic heterocycles. The molecule has 1 atom stereocenters. The lowest BCUT2D eigenvalue weighted by Crippen LogP contribution is -2.27. The van der Waals surface area contributed by atoms with Crippen molar-refractivity contribution in [1.82, 2.24) is 4.90 Å². The Bertz CT molecular complexity index is 862. The van der Waals surface area contributed by atoms with E-state index in [-0.39, 0.29) is 23.8 Å². The Morgan fingerprint density at radius 1 is 1.11 bits per heavy atom. The third-order valence-electron chi connectivity index (χ3n) is 4.22. The number of imide groups is 1. The van der Waals surface area contributed by atoms with Crippen molar-refractivity contribution >= 4 is 44.9 Å². The first-order valence-electron chi connectivity index (χ1n) is 8.73. The summed E-state index contributed by atoms with van der Waals surface area (Å²) in [6.07, 6.45) is 2.85. The molecule has 1 aliphatic heterocycles. The van der Waals surface area contributed by atoms with Crippen molar-refractivity contribution in [3.05, 3.63) is 69.0 Å². The van der Waals surface area contributed by atoms with Gasteiger partial charge < -0.3 is 4.74 Å². The number of nitrogens with zero attached hydrogens (tertiary/aromatic N) is 1. The van der Waals surface area contributed by atoms with E-state index in [2.05, 4.69) is 22.9 Å². The molecule has 1 aliphatic rings. The molecule has 2 aromatic rings. The van der Waals surface area contributed by atoms with Gasteiger partial charge in [-0.05, 0) is 66.6 Å². The van der Waals surface area contributed by atoms with E-state index in [1.807, 2.05) is 55.5 Å². The molecular weight excluding hydrogens is 426 g/mol. The predicted molar refractivity (Wildman–Crippen MR) is 112 cm³/mol. The number of ether oxygens (including phenoxy) is 1. The highest BCUT2D eigenvalue weighted by atomic mass is 79.9. The molecule has 1 fully saturated rings. The summed E-state index contributed by atoms with van der Waals surface area (Å²) in [7, 11) is 0. The number of carbonyl (C=O) groups excluding carboxylic acids is 2. The first kappa shape index (κ1) is 19.7. The van der Waals surface area contributed by atoms with Crippen molar-refractivity contribution in [1.29, 1.82) is 0 Å². The van der Waals surface area contributed by atoms with Gasteiger partial charge in [-0.2, -0.15) is 0 Å². The van der Waals surface area contributed by atoms with Gasteiger partial charge in [0.25, 0.3) is 11.1 Å². The summed E-state index contributed by atoms with van der Waals surface area (Å²) in [5.74, 6) is 0.540. The van der Waals surface area contributed by atoms with Crippen molar-refractivity contribution in [2.24, 2.45) is 0 Å². The van der Waals surface area contributed by atoms with E-state index < -0.39 is 0 Å². The molecule has 3 rings (SSSR count). The fourth-order valence-electron chi connectivity index (χ4n) is 2.52. The largest absolute Gasteiger partial charge is 0.491 e. The maximum Gasteiger partial charge on any atom is 0.293 e. The molecule has 0 saturated carbocycles. The van der Waals surface area contributed by atoms with Crippen molar-refractivity contribution in [3.8, 4) is 5.75 Å². The van der Waals surface area contributed by atoms with Crippen LogP contribution in [0.4, 0.5) is 4.79 Å². The second-order valence-electron chi connectivity index (χ2n) is 6.30. The number of carbonyl (C=O) groups is 2. The van der Waals surface area contributed by atoms with Crippen LogP contribution in [-0.4, -0.2) is 22.2 Å². The highest BCUT2D eigenvalue weighted by molar-refractivity contribution is 9.10. The molecule has 140 valence electrons. The van der Waals surface area contributed by atoms with Crippen LogP contribution in [0.15, 0.2) is 57.9 Å². The maximum absolute atomic E-state index is 12.6. The zero-order chi connectivity index (χ0) is 19.4. The SMILES string of the molecule is CC[C@H](C)Oc1ccc(/C=C2\SC(=O)N(Cc3ccc(Br)cc3)C2=O)cc1. The standard InChI is InChI=1S/C21H20BrNO3S/c1-3-14(2)26-18-10-6-15(7-11-18)12-19-20(24)23(21(25)27-19)13-16-4-8-17(22)9-5-16/h4-12,14H,3,13H2,1-2H3/b19-12-/t14-/m0/s1. The van der Waals surface area contributed by atoms with Gasteiger partial charge in [0.05, 0.1) is 17.6 Å². The normalized spacial score (nSPS) is 16.9. The van der Waals surface area contributed by atoms with Gasteiger partial charge in [-0.15, -0.1) is 0 Å². The number of halogens is 1. The molecule has 6 heteroatoms. The van der Waals surface area contributed by atoms with Crippen LogP contribution in [0.2, 0.25) is 0 Å². The van der Waals surface area contributed by atoms with Gasteiger partial charge in [0, 0.05) is 4.47 Å². The van der Waals surface area contributed by atoms with Crippen LogP contribution in [-0.2, 0) is 11.3 Å². The number of thioether (sulfide) groups is 1. The van der Waals surface area contributed by atoms with Crippen LogP contribution >= 0.6 is 27.7 Å². The lowest BCUT2D eigenvalue weighted by molar-refractivity contribution is -0.123. The Morgan fingerprint density at radius 2 is 1.78 bits per heavy atom. The van der Waals surface area contributed by atoms with Crippen molar-refractivity contribution in [2.75, 3.05) is 0 Å². The molecule has 0 spiro atoms. The Morgan fingerprint density at radius 3 is 2.41 bits per heavy atom. The van der Waals surface area contributed by atoms with Gasteiger partial charge in [0.15, 0.2) is 0 Å². The highest BCUT2D eigenvalue weighted by Crippen LogP contribution is 2.33. The fraction of sp³-hybridized carbons (Fsp3) is 0.238. The van der Waals surface area contributed by atoms with E-state index in [0.717, 1.165) is 39.5 Å². The topological polar surface area (TPSA) is 46.6 Å². The molecule has 0 N–H and O–H groups in total. The van der Waals surface area contributed by atoms with E-state index in [4.69, 9.17) is 4.74 Å². The minimum Gasteiger partial charge on any atom is -0.491 e. The number of benzene rings is 2. The zero-order valence-electron chi connectivity index (χ0n) is 15.1. The molecule has 2 amide bonds. The Balaban J connectivity index is 1.71. The van der Waals surface area contributed by atoms with Crippen LogP contribution in [0, 0.1) is 0 Å². The second-order valence-corrected chi connectivity index (χ2v) is 8.21. The lowest BCUT2D eigenvalue weighted by atomic mass is 10.2. The molecule has 1 heterocycles. The summed E-state index contributed by atoms with van der Waals surface area (Å²) in [5, 5.41) is -0.245. The van der Waals surface area contributed by atoms with Crippen LogP contribution in [0.5, 0.6) is 5.75 Å². The van der Waals surface area contributed by atoms with Crippen LogP contribution in [0.1, 0.15) is 31.4 Å². The molecule has 0 unspecified atom stereocenters. The molecule has 1 saturated heterocycles. The van der Waals surface area contributed by atoms with E-state index in [0.29, 0.717) is 4.91 Å². The quantitative estimate of drug-likeness (QED) is 0.522. The first-order chi connectivity index (χ1) is 13.0. The third kappa shape index (κ3) is 5.02. The molecule has 27 heavy (non-hydrogen) atoms. The van der Waals surface area contributed by atoms with E-state index in [1.54, 1.807) is 6.08 Å². The van der Waals surface area contributed by atoms with Crippen molar-refractivity contribution < 1.29 is 14.3 Å². The van der Waals surface area contributed by atoms with Gasteiger partial charge in [-0.1, -0.05) is 47.1 Å². The summed E-state index contributed by atoms with van der Waals surface area (Å²) in [6, 6.07) is 15.1. The molecule has 4 nitrogen and oxygen atoms in total. The molecule has 0 bridgehead atoms. The average Bonchev–Trinajstić information content (AvgIpc) is 2.92. The Kier molecular flexibility index (Phi) is 6.39. The monoisotopic (exact) mass is 445 g/mol. The number of rotatable bonds is 6. The van der Waals surface area contributed by atoms with Gasteiger partial charge >= 0.3 is 0 Å². The van der Waals surface area contributed by atoms with Gasteiger partial charge in [0.2, 0.25) is 0 Å². The van der Waals surface area contributed by atoms with E-state index >= 15 is 0 Å². The van der Waals surface area contributed by atoms with Crippen molar-refractivity contribution in [2.45, 2.75) is 32.9 Å². The summed E-state index contributed by atoms with van der Waals surface area (Å²) in [5.41, 5.74) is 1.77. The average molecular weight is 446 g/mol. The van der Waals surface area contributed by atoms with Gasteiger partial charge in [-0.25, -0.2) is 0 Å². The minimum atomic E-state index is -0.257. The van der Waals surface area contributed by atoms with Crippen LogP contribution in [0.3, 0.4) is 0 Å². The number of amides is 2. The Hall–Kier alpha value is -2.05. The molecule has 0 aliphatic carbocycles. The second kappa shape index (κ2) is 8.76.